The number of methoxy groups -OCH3 is 1. The van der Waals surface area contributed by atoms with Gasteiger partial charge in [-0.3, -0.25) is 4.79 Å². The Kier molecular flexibility index (Phi) is 7.41. The van der Waals surface area contributed by atoms with E-state index in [4.69, 9.17) is 4.74 Å². The molecule has 31 heavy (non-hydrogen) atoms. The van der Waals surface area contributed by atoms with Gasteiger partial charge in [-0.1, -0.05) is 42.5 Å². The number of hydrogen-bond acceptors (Lipinski definition) is 5. The quantitative estimate of drug-likeness (QED) is 0.475. The Hall–Kier alpha value is -3.20. The minimum absolute atomic E-state index is 0.0829. The molecule has 0 unspecified atom stereocenters. The van der Waals surface area contributed by atoms with Crippen molar-refractivity contribution in [2.45, 2.75) is 17.5 Å². The highest BCUT2D eigenvalue weighted by atomic mass is 32.2. The van der Waals surface area contributed by atoms with Gasteiger partial charge in [0, 0.05) is 12.1 Å². The van der Waals surface area contributed by atoms with E-state index in [-0.39, 0.29) is 24.0 Å². The number of nitrogens with one attached hydrogen (secondary N) is 2. The van der Waals surface area contributed by atoms with Crippen LogP contribution in [0.15, 0.2) is 83.8 Å². The first-order chi connectivity index (χ1) is 14.9. The summed E-state index contributed by atoms with van der Waals surface area (Å²) in [6.07, 6.45) is 0. The maximum Gasteiger partial charge on any atom is 0.251 e. The van der Waals surface area contributed by atoms with Gasteiger partial charge in [0.1, 0.15) is 5.75 Å². The third-order valence-electron chi connectivity index (χ3n) is 4.74. The smallest absolute Gasteiger partial charge is 0.251 e. The van der Waals surface area contributed by atoms with Crippen LogP contribution >= 0.6 is 0 Å². The van der Waals surface area contributed by atoms with E-state index in [1.807, 2.05) is 30.3 Å². The topological polar surface area (TPSA) is 105 Å². The van der Waals surface area contributed by atoms with E-state index in [0.29, 0.717) is 16.9 Å². The van der Waals surface area contributed by atoms with Crippen LogP contribution in [-0.4, -0.2) is 33.1 Å². The van der Waals surface area contributed by atoms with Crippen molar-refractivity contribution in [2.24, 2.45) is 0 Å². The maximum atomic E-state index is 12.5. The van der Waals surface area contributed by atoms with Gasteiger partial charge in [-0.2, -0.15) is 0 Å². The number of carbonyl (C=O) groups excluding carboxylic acids is 1. The highest BCUT2D eigenvalue weighted by Gasteiger charge is 2.16. The van der Waals surface area contributed by atoms with Crippen LogP contribution in [-0.2, 0) is 16.6 Å². The normalized spacial score (nSPS) is 12.2. The second kappa shape index (κ2) is 10.2. The van der Waals surface area contributed by atoms with Crippen LogP contribution in [0.1, 0.15) is 27.5 Å². The van der Waals surface area contributed by atoms with Crippen molar-refractivity contribution in [1.82, 2.24) is 10.0 Å². The predicted octanol–water partition coefficient (Wildman–Crippen LogP) is 2.64. The summed E-state index contributed by atoms with van der Waals surface area (Å²) in [4.78, 5) is 12.6. The van der Waals surface area contributed by atoms with Gasteiger partial charge in [0.25, 0.3) is 5.91 Å². The second-order valence-corrected chi connectivity index (χ2v) is 8.58. The number of carbonyl (C=O) groups is 1. The van der Waals surface area contributed by atoms with E-state index in [0.717, 1.165) is 5.56 Å². The van der Waals surface area contributed by atoms with Crippen molar-refractivity contribution >= 4 is 15.9 Å². The first kappa shape index (κ1) is 22.5. The van der Waals surface area contributed by atoms with E-state index >= 15 is 0 Å². The molecule has 0 aliphatic heterocycles. The number of rotatable bonds is 9. The zero-order chi connectivity index (χ0) is 22.3. The lowest BCUT2D eigenvalue weighted by atomic mass is 10.1. The molecular weight excluding hydrogens is 416 g/mol. The third kappa shape index (κ3) is 5.91. The maximum absolute atomic E-state index is 12.5. The van der Waals surface area contributed by atoms with Crippen molar-refractivity contribution in [1.29, 1.82) is 0 Å². The summed E-state index contributed by atoms with van der Waals surface area (Å²) in [6, 6.07) is 21.4. The molecule has 0 spiro atoms. The summed E-state index contributed by atoms with van der Waals surface area (Å²) in [5.41, 5.74) is 1.93. The van der Waals surface area contributed by atoms with E-state index in [1.165, 1.54) is 19.2 Å². The number of aliphatic hydroxyl groups is 1. The highest BCUT2D eigenvalue weighted by Crippen LogP contribution is 2.16. The molecule has 0 heterocycles. The van der Waals surface area contributed by atoms with Crippen LogP contribution < -0.4 is 14.8 Å². The van der Waals surface area contributed by atoms with Crippen LogP contribution in [0.5, 0.6) is 5.75 Å². The molecule has 0 saturated heterocycles. The molecule has 3 aromatic rings. The highest BCUT2D eigenvalue weighted by molar-refractivity contribution is 7.89. The molecule has 0 aromatic heterocycles. The van der Waals surface area contributed by atoms with Gasteiger partial charge in [0.2, 0.25) is 10.0 Å². The summed E-state index contributed by atoms with van der Waals surface area (Å²) in [6.45, 7) is -0.138. The lowest BCUT2D eigenvalue weighted by Gasteiger charge is -2.17. The largest absolute Gasteiger partial charge is 0.497 e. The van der Waals surface area contributed by atoms with Gasteiger partial charge in [-0.05, 0) is 47.5 Å². The van der Waals surface area contributed by atoms with Gasteiger partial charge < -0.3 is 15.2 Å². The van der Waals surface area contributed by atoms with Crippen molar-refractivity contribution in [3.05, 3.63) is 95.6 Å². The average Bonchev–Trinajstić information content (AvgIpc) is 2.82. The van der Waals surface area contributed by atoms with Gasteiger partial charge in [-0.25, -0.2) is 13.1 Å². The molecule has 3 N–H and O–H groups in total. The first-order valence-electron chi connectivity index (χ1n) is 9.62. The summed E-state index contributed by atoms with van der Waals surface area (Å²) < 4.78 is 32.4. The SMILES string of the molecule is COc1ccc(S(=O)(=O)NCc2ccc(C(=O)N[C@@H](CO)c3ccccc3)cc2)cc1. The molecule has 0 aliphatic carbocycles. The van der Waals surface area contributed by atoms with E-state index in [9.17, 15) is 18.3 Å². The lowest BCUT2D eigenvalue weighted by Crippen LogP contribution is -2.30. The zero-order valence-corrected chi connectivity index (χ0v) is 17.8. The molecule has 162 valence electrons. The first-order valence-corrected chi connectivity index (χ1v) is 11.1. The molecule has 0 fully saturated rings. The minimum atomic E-state index is -3.67. The fraction of sp³-hybridized carbons (Fsp3) is 0.174. The standard InChI is InChI=1S/C23H24N2O5S/c1-30-20-11-13-21(14-12-20)31(28,29)24-15-17-7-9-19(10-8-17)23(27)25-22(16-26)18-5-3-2-4-6-18/h2-14,22,24,26H,15-16H2,1H3,(H,25,27)/t22-/m0/s1. The monoisotopic (exact) mass is 440 g/mol. The van der Waals surface area contributed by atoms with Crippen molar-refractivity contribution in [3.8, 4) is 5.75 Å². The molecular formula is C23H24N2O5S. The van der Waals surface area contributed by atoms with Crippen molar-refractivity contribution in [2.75, 3.05) is 13.7 Å². The third-order valence-corrected chi connectivity index (χ3v) is 6.16. The number of sulfonamides is 1. The second-order valence-electron chi connectivity index (χ2n) is 6.82. The predicted molar refractivity (Wildman–Crippen MR) is 117 cm³/mol. The molecule has 3 rings (SSSR count). The molecule has 1 atom stereocenters. The van der Waals surface area contributed by atoms with Crippen LogP contribution in [0, 0.1) is 0 Å². The molecule has 0 aliphatic rings. The molecule has 1 amide bonds. The average molecular weight is 441 g/mol. The fourth-order valence-electron chi connectivity index (χ4n) is 2.95. The summed E-state index contributed by atoms with van der Waals surface area (Å²) in [5.74, 6) is 0.247. The number of hydrogen-bond donors (Lipinski definition) is 3. The summed E-state index contributed by atoms with van der Waals surface area (Å²) >= 11 is 0. The molecule has 8 heteroatoms. The number of benzene rings is 3. The Morgan fingerprint density at radius 3 is 2.19 bits per heavy atom. The van der Waals surface area contributed by atoms with Crippen molar-refractivity contribution in [3.63, 3.8) is 0 Å². The minimum Gasteiger partial charge on any atom is -0.497 e. The van der Waals surface area contributed by atoms with Gasteiger partial charge in [0.05, 0.1) is 24.7 Å². The Morgan fingerprint density at radius 2 is 1.61 bits per heavy atom. The Morgan fingerprint density at radius 1 is 0.968 bits per heavy atom. The van der Waals surface area contributed by atoms with Crippen LogP contribution in [0.2, 0.25) is 0 Å². The van der Waals surface area contributed by atoms with E-state index in [1.54, 1.807) is 36.4 Å². The molecule has 0 bridgehead atoms. The number of amides is 1. The van der Waals surface area contributed by atoms with E-state index in [2.05, 4.69) is 10.0 Å². The van der Waals surface area contributed by atoms with Crippen LogP contribution in [0.25, 0.3) is 0 Å². The molecule has 3 aromatic carbocycles. The van der Waals surface area contributed by atoms with Crippen LogP contribution in [0.4, 0.5) is 0 Å². The van der Waals surface area contributed by atoms with Gasteiger partial charge in [-0.15, -0.1) is 0 Å². The van der Waals surface area contributed by atoms with E-state index < -0.39 is 16.1 Å². The summed E-state index contributed by atoms with van der Waals surface area (Å²) in [5, 5.41) is 12.4. The van der Waals surface area contributed by atoms with Crippen LogP contribution in [0.3, 0.4) is 0 Å². The Labute approximate surface area is 181 Å². The fourth-order valence-corrected chi connectivity index (χ4v) is 3.97. The summed E-state index contributed by atoms with van der Waals surface area (Å²) in [7, 11) is -2.16. The molecule has 0 saturated carbocycles. The number of ether oxygens (including phenoxy) is 1. The van der Waals surface area contributed by atoms with Gasteiger partial charge in [0.15, 0.2) is 0 Å². The van der Waals surface area contributed by atoms with Gasteiger partial charge >= 0.3 is 0 Å². The molecule has 0 radical (unpaired) electrons. The Bertz CT molecular complexity index is 1100. The lowest BCUT2D eigenvalue weighted by molar-refractivity contribution is 0.0916. The molecule has 7 nitrogen and oxygen atoms in total. The number of aliphatic hydroxyl groups excluding tert-OH is 1. The Balaban J connectivity index is 1.61. The zero-order valence-electron chi connectivity index (χ0n) is 17.0. The van der Waals surface area contributed by atoms with Crippen molar-refractivity contribution < 1.29 is 23.1 Å².